The Morgan fingerprint density at radius 2 is 1.83 bits per heavy atom. The van der Waals surface area contributed by atoms with Gasteiger partial charge in [-0.15, -0.1) is 0 Å². The lowest BCUT2D eigenvalue weighted by atomic mass is 9.68. The molecule has 11 atom stereocenters. The maximum atomic E-state index is 12.3. The molecule has 9 unspecified atom stereocenters. The van der Waals surface area contributed by atoms with E-state index >= 15 is 0 Å². The first-order valence-electron chi connectivity index (χ1n) is 9.90. The SMILES string of the molecule is C[C@@H]1C2CC3C(C(=O)OC31)C2CCC1C2CC3C1OC(=O)[C@]3(C)C2. The molecule has 0 N–H and O–H groups in total. The summed E-state index contributed by atoms with van der Waals surface area (Å²) in [7, 11) is 0. The molecular weight excluding hydrogens is 304 g/mol. The second kappa shape index (κ2) is 4.19. The third-order valence-electron chi connectivity index (χ3n) is 9.18. The van der Waals surface area contributed by atoms with Gasteiger partial charge in [-0.1, -0.05) is 6.92 Å². The molecule has 24 heavy (non-hydrogen) atoms. The predicted octanol–water partition coefficient (Wildman–Crippen LogP) is 2.80. The van der Waals surface area contributed by atoms with E-state index in [1.165, 1.54) is 12.8 Å². The van der Waals surface area contributed by atoms with Crippen LogP contribution in [0.3, 0.4) is 0 Å². The fourth-order valence-electron chi connectivity index (χ4n) is 8.15. The molecule has 6 aliphatic rings. The number of carbonyl (C=O) groups is 2. The monoisotopic (exact) mass is 330 g/mol. The van der Waals surface area contributed by atoms with Crippen molar-refractivity contribution in [1.82, 2.24) is 0 Å². The van der Waals surface area contributed by atoms with Crippen LogP contribution in [0.15, 0.2) is 0 Å². The van der Waals surface area contributed by atoms with Gasteiger partial charge in [-0.05, 0) is 68.6 Å². The Kier molecular flexibility index (Phi) is 2.47. The Bertz CT molecular complexity index is 644. The van der Waals surface area contributed by atoms with Crippen molar-refractivity contribution in [3.05, 3.63) is 0 Å². The molecule has 4 nitrogen and oxygen atoms in total. The van der Waals surface area contributed by atoms with Gasteiger partial charge in [0.1, 0.15) is 12.2 Å². The lowest BCUT2D eigenvalue weighted by molar-refractivity contribution is -0.148. The van der Waals surface area contributed by atoms with Crippen molar-refractivity contribution in [1.29, 1.82) is 0 Å². The first kappa shape index (κ1) is 14.1. The molecule has 130 valence electrons. The minimum atomic E-state index is -0.185. The van der Waals surface area contributed by atoms with Crippen molar-refractivity contribution in [2.45, 2.75) is 58.2 Å². The molecule has 2 aliphatic heterocycles. The van der Waals surface area contributed by atoms with E-state index in [0.29, 0.717) is 41.4 Å². The molecular formula is C20H26O4. The van der Waals surface area contributed by atoms with Crippen LogP contribution in [-0.4, -0.2) is 24.1 Å². The van der Waals surface area contributed by atoms with Crippen LogP contribution in [0.25, 0.3) is 0 Å². The van der Waals surface area contributed by atoms with Gasteiger partial charge in [0.25, 0.3) is 0 Å². The molecule has 6 fully saturated rings. The van der Waals surface area contributed by atoms with Crippen molar-refractivity contribution < 1.29 is 19.1 Å². The molecule has 4 saturated carbocycles. The van der Waals surface area contributed by atoms with Gasteiger partial charge >= 0.3 is 11.9 Å². The van der Waals surface area contributed by atoms with Crippen LogP contribution in [0.1, 0.15) is 46.0 Å². The van der Waals surface area contributed by atoms with Gasteiger partial charge in [0, 0.05) is 11.8 Å². The van der Waals surface area contributed by atoms with Crippen LogP contribution < -0.4 is 0 Å². The molecule has 0 aromatic heterocycles. The third-order valence-corrected chi connectivity index (χ3v) is 9.18. The molecule has 2 saturated heterocycles. The maximum absolute atomic E-state index is 12.3. The number of fused-ring (bicyclic) bond motifs is 2. The summed E-state index contributed by atoms with van der Waals surface area (Å²) >= 11 is 0. The van der Waals surface area contributed by atoms with Crippen LogP contribution in [0.2, 0.25) is 0 Å². The quantitative estimate of drug-likeness (QED) is 0.747. The van der Waals surface area contributed by atoms with E-state index in [9.17, 15) is 9.59 Å². The standard InChI is InChI=1S/C20H26O4/c1-8-12-6-13-15(18(21)23-16(8)13)11(12)4-3-10-9-5-14-17(10)24-19(22)20(14,2)7-9/h8-17H,3-7H2,1-2H3/t8-,9?,10?,11?,12?,13?,14?,15?,16?,17?,20-/m1/s1. The van der Waals surface area contributed by atoms with Gasteiger partial charge in [0.05, 0.1) is 11.3 Å². The number of hydrogen-bond acceptors (Lipinski definition) is 4. The van der Waals surface area contributed by atoms with Crippen LogP contribution >= 0.6 is 0 Å². The first-order chi connectivity index (χ1) is 11.5. The van der Waals surface area contributed by atoms with Crippen molar-refractivity contribution in [3.63, 3.8) is 0 Å². The van der Waals surface area contributed by atoms with Crippen LogP contribution in [-0.2, 0) is 19.1 Å². The fourth-order valence-corrected chi connectivity index (χ4v) is 8.15. The zero-order chi connectivity index (χ0) is 16.4. The van der Waals surface area contributed by atoms with Gasteiger partial charge in [0.2, 0.25) is 0 Å². The predicted molar refractivity (Wildman–Crippen MR) is 84.5 cm³/mol. The Morgan fingerprint density at radius 3 is 2.67 bits per heavy atom. The summed E-state index contributed by atoms with van der Waals surface area (Å²) in [5.41, 5.74) is -0.185. The fraction of sp³-hybridized carbons (Fsp3) is 0.900. The molecule has 0 radical (unpaired) electrons. The highest BCUT2D eigenvalue weighted by Gasteiger charge is 2.68. The average molecular weight is 330 g/mol. The molecule has 0 amide bonds. The number of carbonyl (C=O) groups excluding carboxylic acids is 2. The molecule has 0 spiro atoms. The first-order valence-corrected chi connectivity index (χ1v) is 9.90. The average Bonchev–Trinajstić information content (AvgIpc) is 3.29. The minimum Gasteiger partial charge on any atom is -0.462 e. The van der Waals surface area contributed by atoms with E-state index in [4.69, 9.17) is 9.47 Å². The van der Waals surface area contributed by atoms with Crippen LogP contribution in [0.4, 0.5) is 0 Å². The van der Waals surface area contributed by atoms with E-state index in [1.54, 1.807) is 0 Å². The summed E-state index contributed by atoms with van der Waals surface area (Å²) in [5, 5.41) is 0. The molecule has 4 aliphatic carbocycles. The van der Waals surface area contributed by atoms with Crippen molar-refractivity contribution in [2.24, 2.45) is 52.8 Å². The maximum Gasteiger partial charge on any atom is 0.312 e. The lowest BCUT2D eigenvalue weighted by Crippen LogP contribution is -2.35. The Morgan fingerprint density at radius 1 is 1.04 bits per heavy atom. The highest BCUT2D eigenvalue weighted by molar-refractivity contribution is 5.80. The van der Waals surface area contributed by atoms with Gasteiger partial charge in [0.15, 0.2) is 0 Å². The largest absolute Gasteiger partial charge is 0.462 e. The Labute approximate surface area is 142 Å². The van der Waals surface area contributed by atoms with Crippen LogP contribution in [0.5, 0.6) is 0 Å². The van der Waals surface area contributed by atoms with Crippen molar-refractivity contribution in [3.8, 4) is 0 Å². The van der Waals surface area contributed by atoms with Crippen LogP contribution in [0, 0.1) is 52.8 Å². The topological polar surface area (TPSA) is 52.6 Å². The third kappa shape index (κ3) is 1.41. The molecule has 4 bridgehead atoms. The van der Waals surface area contributed by atoms with E-state index in [0.717, 1.165) is 19.3 Å². The summed E-state index contributed by atoms with van der Waals surface area (Å²) in [5.74, 6) is 4.18. The van der Waals surface area contributed by atoms with Gasteiger partial charge in [-0.25, -0.2) is 0 Å². The van der Waals surface area contributed by atoms with E-state index in [1.807, 2.05) is 0 Å². The Balaban J connectivity index is 1.20. The summed E-state index contributed by atoms with van der Waals surface area (Å²) in [4.78, 5) is 24.5. The zero-order valence-electron chi connectivity index (χ0n) is 14.4. The number of esters is 2. The highest BCUT2D eigenvalue weighted by Crippen LogP contribution is 2.66. The summed E-state index contributed by atoms with van der Waals surface area (Å²) in [6, 6.07) is 0. The molecule has 4 heteroatoms. The molecule has 0 aromatic rings. The van der Waals surface area contributed by atoms with Gasteiger partial charge in [-0.3, -0.25) is 9.59 Å². The number of ether oxygens (including phenoxy) is 2. The normalized spacial score (nSPS) is 61.8. The Hall–Kier alpha value is -1.06. The molecule has 6 rings (SSSR count). The minimum absolute atomic E-state index is 0.0539. The number of rotatable bonds is 3. The van der Waals surface area contributed by atoms with E-state index in [2.05, 4.69) is 13.8 Å². The number of hydrogen-bond donors (Lipinski definition) is 0. The summed E-state index contributed by atoms with van der Waals surface area (Å²) in [6.07, 6.45) is 6.03. The van der Waals surface area contributed by atoms with E-state index < -0.39 is 0 Å². The van der Waals surface area contributed by atoms with E-state index in [-0.39, 0.29) is 35.5 Å². The second-order valence-corrected chi connectivity index (χ2v) is 9.85. The van der Waals surface area contributed by atoms with Crippen molar-refractivity contribution in [2.75, 3.05) is 0 Å². The highest BCUT2D eigenvalue weighted by atomic mass is 16.6. The molecule has 0 aromatic carbocycles. The summed E-state index contributed by atoms with van der Waals surface area (Å²) in [6.45, 7) is 4.39. The zero-order valence-corrected chi connectivity index (χ0v) is 14.4. The van der Waals surface area contributed by atoms with Crippen molar-refractivity contribution >= 4 is 11.9 Å². The van der Waals surface area contributed by atoms with Gasteiger partial charge < -0.3 is 9.47 Å². The van der Waals surface area contributed by atoms with Gasteiger partial charge in [-0.2, -0.15) is 0 Å². The summed E-state index contributed by atoms with van der Waals surface area (Å²) < 4.78 is 11.5. The lowest BCUT2D eigenvalue weighted by Gasteiger charge is -2.33. The smallest absolute Gasteiger partial charge is 0.312 e. The second-order valence-electron chi connectivity index (χ2n) is 9.85. The molecule has 2 heterocycles.